The number of aliphatic hydroxyl groups excluding tert-OH is 1. The smallest absolute Gasteiger partial charge is 0.190 e. The molecule has 0 saturated carbocycles. The Kier molecular flexibility index (Phi) is 3.50. The van der Waals surface area contributed by atoms with Crippen molar-refractivity contribution in [2.75, 3.05) is 6.61 Å². The fraction of sp³-hybridized carbons (Fsp3) is 0.933. The van der Waals surface area contributed by atoms with E-state index in [1.165, 1.54) is 0 Å². The molecule has 0 aliphatic carbocycles. The minimum absolute atomic E-state index is 0.0879. The molecule has 4 rings (SSSR count). The van der Waals surface area contributed by atoms with Gasteiger partial charge in [0.2, 0.25) is 0 Å². The first-order valence-electron chi connectivity index (χ1n) is 7.98. The number of hydrogen-bond acceptors (Lipinski definition) is 8. The van der Waals surface area contributed by atoms with Gasteiger partial charge in [-0.1, -0.05) is 5.16 Å². The Balaban J connectivity index is 1.61. The lowest BCUT2D eigenvalue weighted by Crippen LogP contribution is -2.57. The highest BCUT2D eigenvalue weighted by atomic mass is 16.9. The molecule has 4 heterocycles. The maximum Gasteiger partial charge on any atom is 0.190 e. The summed E-state index contributed by atoms with van der Waals surface area (Å²) in [6.07, 6.45) is -1.87. The van der Waals surface area contributed by atoms with Gasteiger partial charge in [-0.3, -0.25) is 0 Å². The normalized spacial score (nSPS) is 46.9. The van der Waals surface area contributed by atoms with Crippen LogP contribution >= 0.6 is 0 Å². The van der Waals surface area contributed by atoms with Gasteiger partial charge in [0.1, 0.15) is 24.4 Å². The van der Waals surface area contributed by atoms with Crippen LogP contribution in [0.2, 0.25) is 0 Å². The second kappa shape index (κ2) is 5.11. The second-order valence-corrected chi connectivity index (χ2v) is 7.29. The van der Waals surface area contributed by atoms with E-state index in [0.717, 1.165) is 0 Å². The van der Waals surface area contributed by atoms with E-state index in [9.17, 15) is 5.11 Å². The molecular formula is C15H23NO7. The molecule has 0 aromatic rings. The van der Waals surface area contributed by atoms with Crippen LogP contribution in [-0.4, -0.2) is 65.8 Å². The van der Waals surface area contributed by atoms with Gasteiger partial charge in [0, 0.05) is 6.42 Å². The van der Waals surface area contributed by atoms with Crippen LogP contribution < -0.4 is 0 Å². The van der Waals surface area contributed by atoms with E-state index in [2.05, 4.69) is 5.16 Å². The standard InChI is InChI=1S/C15H23NO7/c1-14(2)19-10-9(8-5-7(6-17)23-16-8)18-13-12(11(10)20-14)21-15(3,4)22-13/h7,9-13,17H,5-6H2,1-4H3/t7?,9-,10+,11+,12-,13-/m1/s1. The third-order valence-electron chi connectivity index (χ3n) is 4.44. The predicted octanol–water partition coefficient (Wildman–Crippen LogP) is 0.520. The highest BCUT2D eigenvalue weighted by Gasteiger charge is 2.61. The number of hydrogen-bond donors (Lipinski definition) is 1. The highest BCUT2D eigenvalue weighted by Crippen LogP contribution is 2.44. The zero-order valence-electron chi connectivity index (χ0n) is 13.7. The molecule has 0 aromatic carbocycles. The van der Waals surface area contributed by atoms with Crippen LogP contribution in [0.5, 0.6) is 0 Å². The van der Waals surface area contributed by atoms with Crippen molar-refractivity contribution >= 4 is 5.71 Å². The van der Waals surface area contributed by atoms with Crippen LogP contribution in [0.3, 0.4) is 0 Å². The van der Waals surface area contributed by atoms with Gasteiger partial charge in [-0.2, -0.15) is 0 Å². The second-order valence-electron chi connectivity index (χ2n) is 7.29. The third-order valence-corrected chi connectivity index (χ3v) is 4.44. The van der Waals surface area contributed by atoms with E-state index in [0.29, 0.717) is 12.1 Å². The molecule has 0 spiro atoms. The SMILES string of the molecule is CC1(C)O[C@H]2[C@@H](O1)[C@@H](C1=NOC(CO)C1)O[C@@H]1OC(C)(C)O[C@@H]12. The average Bonchev–Trinajstić information content (AvgIpc) is 3.10. The maximum atomic E-state index is 9.23. The summed E-state index contributed by atoms with van der Waals surface area (Å²) in [5, 5.41) is 13.3. The number of oxime groups is 1. The average molecular weight is 329 g/mol. The Morgan fingerprint density at radius 1 is 1.00 bits per heavy atom. The Hall–Kier alpha value is -0.770. The monoisotopic (exact) mass is 329 g/mol. The summed E-state index contributed by atoms with van der Waals surface area (Å²) in [6.45, 7) is 7.33. The van der Waals surface area contributed by atoms with Gasteiger partial charge >= 0.3 is 0 Å². The molecule has 0 amide bonds. The van der Waals surface area contributed by atoms with Gasteiger partial charge in [-0.15, -0.1) is 0 Å². The van der Waals surface area contributed by atoms with Gasteiger partial charge in [-0.25, -0.2) is 0 Å². The van der Waals surface area contributed by atoms with Crippen molar-refractivity contribution in [2.45, 2.75) is 82.5 Å². The van der Waals surface area contributed by atoms with Crippen molar-refractivity contribution in [3.05, 3.63) is 0 Å². The molecule has 23 heavy (non-hydrogen) atoms. The maximum absolute atomic E-state index is 9.23. The van der Waals surface area contributed by atoms with Crippen molar-refractivity contribution in [3.63, 3.8) is 0 Å². The highest BCUT2D eigenvalue weighted by molar-refractivity contribution is 5.90. The molecule has 0 bridgehead atoms. The van der Waals surface area contributed by atoms with Crippen LogP contribution in [0.4, 0.5) is 0 Å². The number of ether oxygens (including phenoxy) is 5. The molecule has 0 aromatic heterocycles. The number of aliphatic hydroxyl groups is 1. The summed E-state index contributed by atoms with van der Waals surface area (Å²) in [6, 6.07) is 0. The molecule has 0 radical (unpaired) electrons. The van der Waals surface area contributed by atoms with Crippen molar-refractivity contribution in [2.24, 2.45) is 5.16 Å². The molecular weight excluding hydrogens is 306 g/mol. The quantitative estimate of drug-likeness (QED) is 0.790. The van der Waals surface area contributed by atoms with E-state index in [1.807, 2.05) is 27.7 Å². The lowest BCUT2D eigenvalue weighted by Gasteiger charge is -2.36. The van der Waals surface area contributed by atoms with Crippen molar-refractivity contribution in [1.29, 1.82) is 0 Å². The van der Waals surface area contributed by atoms with E-state index in [-0.39, 0.29) is 31.0 Å². The molecule has 6 atom stereocenters. The number of rotatable bonds is 2. The van der Waals surface area contributed by atoms with E-state index >= 15 is 0 Å². The van der Waals surface area contributed by atoms with E-state index in [1.54, 1.807) is 0 Å². The van der Waals surface area contributed by atoms with Crippen LogP contribution in [0.15, 0.2) is 5.16 Å². The van der Waals surface area contributed by atoms with Crippen molar-refractivity contribution in [3.8, 4) is 0 Å². The molecule has 130 valence electrons. The van der Waals surface area contributed by atoms with E-state index in [4.69, 9.17) is 28.5 Å². The number of nitrogens with zero attached hydrogens (tertiary/aromatic N) is 1. The van der Waals surface area contributed by atoms with Crippen LogP contribution in [0, 0.1) is 0 Å². The summed E-state index contributed by atoms with van der Waals surface area (Å²) in [4.78, 5) is 5.21. The van der Waals surface area contributed by atoms with Gasteiger partial charge in [0.15, 0.2) is 24.0 Å². The summed E-state index contributed by atoms with van der Waals surface area (Å²) in [7, 11) is 0. The third kappa shape index (κ3) is 2.67. The topological polar surface area (TPSA) is 88.0 Å². The molecule has 8 nitrogen and oxygen atoms in total. The van der Waals surface area contributed by atoms with Gasteiger partial charge in [0.25, 0.3) is 0 Å². The van der Waals surface area contributed by atoms with Gasteiger partial charge in [-0.05, 0) is 27.7 Å². The fourth-order valence-electron chi connectivity index (χ4n) is 3.60. The predicted molar refractivity (Wildman–Crippen MR) is 76.5 cm³/mol. The fourth-order valence-corrected chi connectivity index (χ4v) is 3.60. The van der Waals surface area contributed by atoms with Gasteiger partial charge in [0.05, 0.1) is 12.3 Å². The van der Waals surface area contributed by atoms with Crippen molar-refractivity contribution < 1.29 is 33.6 Å². The Morgan fingerprint density at radius 2 is 1.65 bits per heavy atom. The molecule has 3 fully saturated rings. The van der Waals surface area contributed by atoms with Crippen molar-refractivity contribution in [1.82, 2.24) is 0 Å². The molecule has 3 saturated heterocycles. The summed E-state index contributed by atoms with van der Waals surface area (Å²) >= 11 is 0. The zero-order chi connectivity index (χ0) is 16.4. The first kappa shape index (κ1) is 15.7. The zero-order valence-corrected chi connectivity index (χ0v) is 13.7. The van der Waals surface area contributed by atoms with Crippen LogP contribution in [-0.2, 0) is 28.5 Å². The first-order valence-corrected chi connectivity index (χ1v) is 7.98. The number of fused-ring (bicyclic) bond motifs is 3. The van der Waals surface area contributed by atoms with Crippen LogP contribution in [0.1, 0.15) is 34.1 Å². The minimum atomic E-state index is -0.744. The Labute approximate surface area is 134 Å². The van der Waals surface area contributed by atoms with Gasteiger partial charge < -0.3 is 33.6 Å². The minimum Gasteiger partial charge on any atom is -0.392 e. The molecule has 4 aliphatic heterocycles. The van der Waals surface area contributed by atoms with Crippen LogP contribution in [0.25, 0.3) is 0 Å². The summed E-state index contributed by atoms with van der Waals surface area (Å²) < 4.78 is 30.0. The molecule has 1 unspecified atom stereocenters. The Morgan fingerprint density at radius 3 is 2.35 bits per heavy atom. The Bertz CT molecular complexity index is 520. The molecule has 1 N–H and O–H groups in total. The lowest BCUT2D eigenvalue weighted by molar-refractivity contribution is -0.218. The first-order chi connectivity index (χ1) is 10.8. The lowest BCUT2D eigenvalue weighted by atomic mass is 9.94. The molecule has 4 aliphatic rings. The van der Waals surface area contributed by atoms with E-state index < -0.39 is 24.0 Å². The summed E-state index contributed by atoms with van der Waals surface area (Å²) in [5.74, 6) is -1.48. The summed E-state index contributed by atoms with van der Waals surface area (Å²) in [5.41, 5.74) is 0.701. The molecule has 8 heteroatoms. The largest absolute Gasteiger partial charge is 0.392 e.